The zero-order chi connectivity index (χ0) is 21.5. The van der Waals surface area contributed by atoms with E-state index in [1.54, 1.807) is 11.3 Å². The van der Waals surface area contributed by atoms with Crippen LogP contribution in [0.3, 0.4) is 0 Å². The van der Waals surface area contributed by atoms with E-state index in [1.807, 2.05) is 0 Å². The lowest BCUT2D eigenvalue weighted by atomic mass is 9.86. The molecule has 4 aromatic rings. The molecule has 0 amide bonds. The maximum absolute atomic E-state index is 3.62. The van der Waals surface area contributed by atoms with Crippen molar-refractivity contribution in [1.82, 2.24) is 0 Å². The summed E-state index contributed by atoms with van der Waals surface area (Å²) in [6.07, 6.45) is 0. The molecule has 0 spiro atoms. The van der Waals surface area contributed by atoms with Crippen LogP contribution >= 0.6 is 11.3 Å². The summed E-state index contributed by atoms with van der Waals surface area (Å²) in [6, 6.07) is 24.5. The van der Waals surface area contributed by atoms with Crippen LogP contribution in [0.4, 0.5) is 11.4 Å². The molecule has 0 fully saturated rings. The maximum atomic E-state index is 3.62. The van der Waals surface area contributed by atoms with E-state index < -0.39 is 0 Å². The molecule has 0 radical (unpaired) electrons. The highest BCUT2D eigenvalue weighted by atomic mass is 32.1. The van der Waals surface area contributed by atoms with Gasteiger partial charge >= 0.3 is 0 Å². The molecule has 1 aromatic heterocycles. The molecule has 0 aliphatic heterocycles. The van der Waals surface area contributed by atoms with Gasteiger partial charge in [0.2, 0.25) is 0 Å². The highest BCUT2D eigenvalue weighted by Crippen LogP contribution is 2.36. The Morgan fingerprint density at radius 3 is 1.73 bits per heavy atom. The maximum Gasteiger partial charge on any atom is 0.0573 e. The van der Waals surface area contributed by atoms with E-state index in [2.05, 4.69) is 119 Å². The second-order valence-electron chi connectivity index (χ2n) is 10.1. The minimum absolute atomic E-state index is 0.150. The second-order valence-corrected chi connectivity index (χ2v) is 11.1. The molecule has 1 heterocycles. The molecule has 0 saturated carbocycles. The smallest absolute Gasteiger partial charge is 0.0573 e. The third-order valence-corrected chi connectivity index (χ3v) is 6.65. The zero-order valence-electron chi connectivity index (χ0n) is 18.8. The number of thiophene rings is 1. The monoisotopic (exact) mass is 413 g/mol. The molecule has 30 heavy (non-hydrogen) atoms. The van der Waals surface area contributed by atoms with Crippen LogP contribution in [0.5, 0.6) is 0 Å². The first-order valence-corrected chi connectivity index (χ1v) is 11.5. The summed E-state index contributed by atoms with van der Waals surface area (Å²) in [4.78, 5) is 0. The molecular weight excluding hydrogens is 382 g/mol. The summed E-state index contributed by atoms with van der Waals surface area (Å²) < 4.78 is 1.32. The number of anilines is 2. The number of fused-ring (bicyclic) bond motifs is 1. The Morgan fingerprint density at radius 1 is 0.633 bits per heavy atom. The lowest BCUT2D eigenvalue weighted by Gasteiger charge is -2.19. The van der Waals surface area contributed by atoms with Gasteiger partial charge in [0, 0.05) is 21.2 Å². The molecule has 0 saturated heterocycles. The molecule has 0 aliphatic carbocycles. The standard InChI is InChI=1S/C28H31NS/c1-27(2,3)21-11-7-19(8-12-21)20-9-14-23(15-10-20)29-25-18-30-26-16-13-22(17-24(25)26)28(4,5)6/h7-18,29H,1-6H3. The Labute approximate surface area is 184 Å². The van der Waals surface area contributed by atoms with Crippen molar-refractivity contribution in [1.29, 1.82) is 0 Å². The minimum Gasteiger partial charge on any atom is -0.354 e. The highest BCUT2D eigenvalue weighted by molar-refractivity contribution is 7.17. The van der Waals surface area contributed by atoms with E-state index in [0.29, 0.717) is 0 Å². The summed E-state index contributed by atoms with van der Waals surface area (Å²) >= 11 is 1.79. The van der Waals surface area contributed by atoms with E-state index in [-0.39, 0.29) is 10.8 Å². The molecule has 0 unspecified atom stereocenters. The third-order valence-electron chi connectivity index (χ3n) is 5.69. The van der Waals surface area contributed by atoms with Gasteiger partial charge in [0.15, 0.2) is 0 Å². The Bertz CT molecular complexity index is 1150. The fraction of sp³-hybridized carbons (Fsp3) is 0.286. The molecule has 1 N–H and O–H groups in total. The van der Waals surface area contributed by atoms with Crippen LogP contribution in [0.15, 0.2) is 72.1 Å². The molecule has 4 rings (SSSR count). The Morgan fingerprint density at radius 2 is 1.17 bits per heavy atom. The van der Waals surface area contributed by atoms with Crippen LogP contribution in [0, 0.1) is 0 Å². The van der Waals surface area contributed by atoms with Crippen molar-refractivity contribution in [3.05, 3.63) is 83.2 Å². The van der Waals surface area contributed by atoms with E-state index in [9.17, 15) is 0 Å². The summed E-state index contributed by atoms with van der Waals surface area (Å²) in [5.41, 5.74) is 7.86. The van der Waals surface area contributed by atoms with E-state index in [0.717, 1.165) is 5.69 Å². The first-order valence-electron chi connectivity index (χ1n) is 10.6. The van der Waals surface area contributed by atoms with Crippen molar-refractivity contribution in [2.75, 3.05) is 5.32 Å². The summed E-state index contributed by atoms with van der Waals surface area (Å²) in [5, 5.41) is 7.14. The molecule has 2 heteroatoms. The van der Waals surface area contributed by atoms with Crippen LogP contribution < -0.4 is 5.32 Å². The number of hydrogen-bond acceptors (Lipinski definition) is 2. The molecule has 0 bridgehead atoms. The van der Waals surface area contributed by atoms with Gasteiger partial charge in [0.05, 0.1) is 5.69 Å². The van der Waals surface area contributed by atoms with Gasteiger partial charge in [0.25, 0.3) is 0 Å². The van der Waals surface area contributed by atoms with Crippen molar-refractivity contribution >= 4 is 32.8 Å². The Balaban J connectivity index is 1.57. The number of hydrogen-bond donors (Lipinski definition) is 1. The Hall–Kier alpha value is -2.58. The average molecular weight is 414 g/mol. The number of rotatable bonds is 3. The van der Waals surface area contributed by atoms with Gasteiger partial charge in [-0.2, -0.15) is 0 Å². The number of nitrogens with one attached hydrogen (secondary N) is 1. The van der Waals surface area contributed by atoms with E-state index in [1.165, 1.54) is 38.0 Å². The van der Waals surface area contributed by atoms with Crippen LogP contribution in [0.1, 0.15) is 52.7 Å². The van der Waals surface area contributed by atoms with Crippen LogP contribution in [-0.2, 0) is 10.8 Å². The van der Waals surface area contributed by atoms with Gasteiger partial charge in [0.1, 0.15) is 0 Å². The molecular formula is C28H31NS. The van der Waals surface area contributed by atoms with Crippen molar-refractivity contribution in [3.63, 3.8) is 0 Å². The van der Waals surface area contributed by atoms with Crippen molar-refractivity contribution < 1.29 is 0 Å². The van der Waals surface area contributed by atoms with Gasteiger partial charge in [-0.05, 0) is 57.3 Å². The lowest BCUT2D eigenvalue weighted by Crippen LogP contribution is -2.10. The SMILES string of the molecule is CC(C)(C)c1ccc(-c2ccc(Nc3csc4ccc(C(C)(C)C)cc34)cc2)cc1. The summed E-state index contributed by atoms with van der Waals surface area (Å²) in [5.74, 6) is 0. The molecule has 3 aromatic carbocycles. The topological polar surface area (TPSA) is 12.0 Å². The molecule has 1 nitrogen and oxygen atoms in total. The fourth-order valence-corrected chi connectivity index (χ4v) is 4.53. The largest absolute Gasteiger partial charge is 0.354 e. The average Bonchev–Trinajstić information content (AvgIpc) is 3.09. The quantitative estimate of drug-likeness (QED) is 0.353. The van der Waals surface area contributed by atoms with Gasteiger partial charge in [-0.1, -0.05) is 84.0 Å². The number of benzene rings is 3. The highest BCUT2D eigenvalue weighted by Gasteiger charge is 2.16. The van der Waals surface area contributed by atoms with Crippen LogP contribution in [-0.4, -0.2) is 0 Å². The first-order chi connectivity index (χ1) is 14.1. The predicted molar refractivity (Wildman–Crippen MR) is 134 cm³/mol. The van der Waals surface area contributed by atoms with Crippen LogP contribution in [0.2, 0.25) is 0 Å². The predicted octanol–water partition coefficient (Wildman–Crippen LogP) is 8.91. The summed E-state index contributed by atoms with van der Waals surface area (Å²) in [7, 11) is 0. The zero-order valence-corrected chi connectivity index (χ0v) is 19.7. The third kappa shape index (κ3) is 4.29. The van der Waals surface area contributed by atoms with Crippen molar-refractivity contribution in [2.24, 2.45) is 0 Å². The Kier molecular flexibility index (Phi) is 5.23. The summed E-state index contributed by atoms with van der Waals surface area (Å²) in [6.45, 7) is 13.5. The van der Waals surface area contributed by atoms with E-state index in [4.69, 9.17) is 0 Å². The first kappa shape index (κ1) is 20.7. The van der Waals surface area contributed by atoms with Crippen LogP contribution in [0.25, 0.3) is 21.2 Å². The molecule has 0 aliphatic rings. The van der Waals surface area contributed by atoms with Gasteiger partial charge < -0.3 is 5.32 Å². The normalized spacial score (nSPS) is 12.3. The molecule has 154 valence electrons. The molecule has 0 atom stereocenters. The van der Waals surface area contributed by atoms with Gasteiger partial charge in [-0.3, -0.25) is 0 Å². The van der Waals surface area contributed by atoms with Gasteiger partial charge in [-0.25, -0.2) is 0 Å². The van der Waals surface area contributed by atoms with E-state index >= 15 is 0 Å². The second kappa shape index (κ2) is 7.59. The fourth-order valence-electron chi connectivity index (χ4n) is 3.66. The van der Waals surface area contributed by atoms with Gasteiger partial charge in [-0.15, -0.1) is 11.3 Å². The lowest BCUT2D eigenvalue weighted by molar-refractivity contribution is 0.590. The minimum atomic E-state index is 0.150. The van der Waals surface area contributed by atoms with Crippen molar-refractivity contribution in [2.45, 2.75) is 52.4 Å². The van der Waals surface area contributed by atoms with Crippen molar-refractivity contribution in [3.8, 4) is 11.1 Å².